The molecule has 0 aliphatic heterocycles. The number of aliphatic imine (C=N–C) groups is 1. The van der Waals surface area contributed by atoms with Crippen molar-refractivity contribution in [2.45, 2.75) is 82.7 Å². The number of nitrogens with one attached hydrogen (secondary N) is 1. The summed E-state index contributed by atoms with van der Waals surface area (Å²) >= 11 is 24.8. The minimum Gasteiger partial charge on any atom is -1.00 e. The van der Waals surface area contributed by atoms with Crippen LogP contribution in [0.1, 0.15) is 127 Å². The van der Waals surface area contributed by atoms with E-state index in [4.69, 9.17) is 51.4 Å². The summed E-state index contributed by atoms with van der Waals surface area (Å²) in [5.41, 5.74) is 13.0. The second-order valence-electron chi connectivity index (χ2n) is 15.3. The number of hydrogen-bond acceptors (Lipinski definition) is 4. The zero-order valence-corrected chi connectivity index (χ0v) is 39.3. The summed E-state index contributed by atoms with van der Waals surface area (Å²) < 4.78 is 0. The fourth-order valence-corrected chi connectivity index (χ4v) is 9.02. The summed E-state index contributed by atoms with van der Waals surface area (Å²) in [6, 6.07) is 45.9. The standard InChI is InChI=1S/C25H25Cl2NO.C25H23Cl2NO.B.Na.H/c2*1-16(18-8-6-17(15-29)7-9-18)28-25-13-11-20(21-4-2-3-5-22(21)25)19-10-12-23(26)24(27)14-19;;;/h2-10,12,14,16,20,25,28-29H,11,13,15H2,1H3;2-10,12,14,16,20,29H,11,13,15H2,1H3;;;/q;;;+1;-1/t16-,20+,25-;16-,20+;;;/m11.../s1. The summed E-state index contributed by atoms with van der Waals surface area (Å²) in [6.45, 7) is 4.46. The molecule has 3 N–H and O–H groups in total. The van der Waals surface area contributed by atoms with Crippen molar-refractivity contribution in [3.63, 3.8) is 0 Å². The van der Waals surface area contributed by atoms with E-state index in [1.807, 2.05) is 60.7 Å². The predicted octanol–water partition coefficient (Wildman–Crippen LogP) is 10.5. The molecule has 0 unspecified atom stereocenters. The molecule has 60 heavy (non-hydrogen) atoms. The van der Waals surface area contributed by atoms with E-state index in [0.717, 1.165) is 48.1 Å². The van der Waals surface area contributed by atoms with Crippen LogP contribution >= 0.6 is 46.4 Å². The largest absolute Gasteiger partial charge is 1.00 e. The van der Waals surface area contributed by atoms with E-state index in [9.17, 15) is 10.2 Å². The van der Waals surface area contributed by atoms with Gasteiger partial charge < -0.3 is 17.0 Å². The maximum Gasteiger partial charge on any atom is 1.00 e. The van der Waals surface area contributed by atoms with Crippen molar-refractivity contribution in [3.8, 4) is 0 Å². The summed E-state index contributed by atoms with van der Waals surface area (Å²) in [5, 5.41) is 24.7. The molecule has 8 rings (SSSR count). The fraction of sp³-hybridized carbons (Fsp3) is 0.260. The van der Waals surface area contributed by atoms with Gasteiger partial charge >= 0.3 is 29.6 Å². The SMILES string of the molecule is C[C@@H](N=C1CC[C@@H](c2ccc(Cl)c(Cl)c2)c2ccccc21)c1ccc(CO)cc1.C[C@@H](N[C@@H]1CC[C@@H](c2ccc(Cl)c(Cl)c2)c2ccccc21)c1ccc(CO)cc1.[B].[H-].[Na+]. The van der Waals surface area contributed by atoms with Gasteiger partial charge in [-0.25, -0.2) is 0 Å². The van der Waals surface area contributed by atoms with E-state index < -0.39 is 0 Å². The van der Waals surface area contributed by atoms with Crippen LogP contribution < -0.4 is 34.9 Å². The first kappa shape index (κ1) is 48.1. The van der Waals surface area contributed by atoms with E-state index in [1.165, 1.54) is 38.9 Å². The molecule has 2 aliphatic rings. The Hall–Kier alpha value is -2.91. The first-order valence-corrected chi connectivity index (χ1v) is 21.4. The number of nitrogens with zero attached hydrogens (tertiary/aromatic N) is 1. The second kappa shape index (κ2) is 22.4. The molecule has 0 heterocycles. The smallest absolute Gasteiger partial charge is 1.00 e. The van der Waals surface area contributed by atoms with Crippen molar-refractivity contribution in [3.05, 3.63) is 209 Å². The molecule has 0 saturated carbocycles. The third-order valence-electron chi connectivity index (χ3n) is 11.6. The van der Waals surface area contributed by atoms with Crippen LogP contribution in [0.2, 0.25) is 20.1 Å². The van der Waals surface area contributed by atoms with Crippen molar-refractivity contribution in [1.82, 2.24) is 5.32 Å². The van der Waals surface area contributed by atoms with Crippen LogP contribution in [0.15, 0.2) is 138 Å². The van der Waals surface area contributed by atoms with Crippen LogP contribution in [0.25, 0.3) is 0 Å². The van der Waals surface area contributed by atoms with Crippen LogP contribution in [0, 0.1) is 0 Å². The fourth-order valence-electron chi connectivity index (χ4n) is 8.40. The molecule has 10 heteroatoms. The maximum atomic E-state index is 9.26. The van der Waals surface area contributed by atoms with Crippen molar-refractivity contribution >= 4 is 60.5 Å². The van der Waals surface area contributed by atoms with Gasteiger partial charge in [0.25, 0.3) is 0 Å². The van der Waals surface area contributed by atoms with Gasteiger partial charge in [-0.05, 0) is 119 Å². The van der Waals surface area contributed by atoms with Crippen molar-refractivity contribution in [2.75, 3.05) is 0 Å². The van der Waals surface area contributed by atoms with Gasteiger partial charge in [0.05, 0.1) is 39.3 Å². The second-order valence-corrected chi connectivity index (χ2v) is 16.9. The van der Waals surface area contributed by atoms with Crippen molar-refractivity contribution < 1.29 is 41.2 Å². The van der Waals surface area contributed by atoms with E-state index in [-0.39, 0.29) is 64.7 Å². The van der Waals surface area contributed by atoms with Gasteiger partial charge in [-0.1, -0.05) is 156 Å². The van der Waals surface area contributed by atoms with E-state index in [1.54, 1.807) is 0 Å². The van der Waals surface area contributed by atoms with Gasteiger partial charge in [-0.15, -0.1) is 0 Å². The van der Waals surface area contributed by atoms with Crippen LogP contribution in [0.3, 0.4) is 0 Å². The number of benzene rings is 6. The molecule has 0 saturated heterocycles. The topological polar surface area (TPSA) is 64.9 Å². The molecule has 6 aromatic carbocycles. The first-order chi connectivity index (χ1) is 28.1. The zero-order chi connectivity index (χ0) is 40.8. The molecule has 0 amide bonds. The van der Waals surface area contributed by atoms with E-state index >= 15 is 0 Å². The Morgan fingerprint density at radius 3 is 1.65 bits per heavy atom. The summed E-state index contributed by atoms with van der Waals surface area (Å²) in [5.74, 6) is 0.622. The van der Waals surface area contributed by atoms with Gasteiger partial charge in [-0.2, -0.15) is 0 Å². The number of hydrogen-bond donors (Lipinski definition) is 3. The monoisotopic (exact) mass is 883 g/mol. The number of fused-ring (bicyclic) bond motifs is 2. The van der Waals surface area contributed by atoms with Gasteiger partial charge in [0, 0.05) is 38.0 Å². The molecular weight excluding hydrogens is 836 g/mol. The third-order valence-corrected chi connectivity index (χ3v) is 13.1. The van der Waals surface area contributed by atoms with Crippen LogP contribution in [0.4, 0.5) is 0 Å². The average Bonchev–Trinajstić information content (AvgIpc) is 3.26. The molecule has 2 aliphatic carbocycles. The molecule has 0 spiro atoms. The quantitative estimate of drug-likeness (QED) is 0.127. The molecule has 303 valence electrons. The van der Waals surface area contributed by atoms with Gasteiger partial charge in [0.2, 0.25) is 0 Å². The molecular formula is C50H49BCl4N2NaO2. The molecule has 3 radical (unpaired) electrons. The number of aliphatic hydroxyl groups excluding tert-OH is 2. The van der Waals surface area contributed by atoms with Crippen molar-refractivity contribution in [1.29, 1.82) is 0 Å². The third kappa shape index (κ3) is 11.4. The Balaban J connectivity index is 0.000000256. The first-order valence-electron chi connectivity index (χ1n) is 19.9. The molecule has 0 aromatic heterocycles. The predicted molar refractivity (Wildman–Crippen MR) is 249 cm³/mol. The van der Waals surface area contributed by atoms with Gasteiger partial charge in [-0.3, -0.25) is 4.99 Å². The zero-order valence-electron chi connectivity index (χ0n) is 35.3. The average molecular weight is 886 g/mol. The molecule has 0 fully saturated rings. The Labute approximate surface area is 400 Å². The van der Waals surface area contributed by atoms with E-state index in [0.29, 0.717) is 38.0 Å². The molecule has 5 atom stereocenters. The van der Waals surface area contributed by atoms with Crippen LogP contribution in [0.5, 0.6) is 0 Å². The van der Waals surface area contributed by atoms with E-state index in [2.05, 4.69) is 92.0 Å². The Bertz CT molecular complexity index is 2380. The number of halogens is 4. The minimum atomic E-state index is 0. The summed E-state index contributed by atoms with van der Waals surface area (Å²) in [7, 11) is 0. The minimum absolute atomic E-state index is 0. The summed E-state index contributed by atoms with van der Waals surface area (Å²) in [4.78, 5) is 5.07. The molecule has 4 nitrogen and oxygen atoms in total. The van der Waals surface area contributed by atoms with Crippen LogP contribution in [-0.4, -0.2) is 24.3 Å². The number of aliphatic hydroxyl groups is 2. The normalized spacial score (nSPS) is 18.4. The Kier molecular flexibility index (Phi) is 18.0. The van der Waals surface area contributed by atoms with Crippen LogP contribution in [-0.2, 0) is 13.2 Å². The molecule has 0 bridgehead atoms. The van der Waals surface area contributed by atoms with Gasteiger partial charge in [0.1, 0.15) is 0 Å². The summed E-state index contributed by atoms with van der Waals surface area (Å²) in [6.07, 6.45) is 4.02. The molecule has 6 aromatic rings. The maximum absolute atomic E-state index is 9.26. The Morgan fingerprint density at radius 1 is 0.600 bits per heavy atom. The van der Waals surface area contributed by atoms with Gasteiger partial charge in [0.15, 0.2) is 0 Å². The number of rotatable bonds is 9. The van der Waals surface area contributed by atoms with Crippen molar-refractivity contribution in [2.24, 2.45) is 4.99 Å². The Morgan fingerprint density at radius 2 is 1.10 bits per heavy atom.